The monoisotopic (exact) mass is 351 g/mol. The maximum Gasteiger partial charge on any atom is 0.258 e. The van der Waals surface area contributed by atoms with Crippen LogP contribution in [0.15, 0.2) is 59.4 Å². The number of rotatable bonds is 7. The summed E-state index contributed by atoms with van der Waals surface area (Å²) >= 11 is 0. The fourth-order valence-corrected chi connectivity index (χ4v) is 2.79. The lowest BCUT2D eigenvalue weighted by atomic mass is 10.1. The number of hydrogen-bond donors (Lipinski definition) is 2. The Hall–Kier alpha value is -2.99. The molecule has 6 heteroatoms. The molecule has 0 aliphatic carbocycles. The fourth-order valence-electron chi connectivity index (χ4n) is 2.79. The summed E-state index contributed by atoms with van der Waals surface area (Å²) in [7, 11) is 1.62. The SMILES string of the molecule is COC(CNC(=O)CCc1nc2ccccc2c(=O)[nH]1)c1ccccc1. The standard InChI is InChI=1S/C20H21N3O3/c1-26-17(14-7-3-2-4-8-14)13-21-19(24)12-11-18-22-16-10-6-5-9-15(16)20(25)23-18/h2-10,17H,11-13H2,1H3,(H,21,24)(H,22,23,25). The van der Waals surface area contributed by atoms with Crippen molar-refractivity contribution in [3.05, 3.63) is 76.3 Å². The maximum absolute atomic E-state index is 12.1. The van der Waals surface area contributed by atoms with Crippen LogP contribution in [0.4, 0.5) is 0 Å². The topological polar surface area (TPSA) is 84.1 Å². The van der Waals surface area contributed by atoms with Gasteiger partial charge in [0, 0.05) is 26.5 Å². The lowest BCUT2D eigenvalue weighted by Gasteiger charge is -2.16. The maximum atomic E-state index is 12.1. The molecule has 1 amide bonds. The summed E-state index contributed by atoms with van der Waals surface area (Å²) in [5.41, 5.74) is 1.46. The Labute approximate surface area is 151 Å². The highest BCUT2D eigenvalue weighted by Crippen LogP contribution is 2.15. The summed E-state index contributed by atoms with van der Waals surface area (Å²) in [5.74, 6) is 0.397. The third-order valence-electron chi connectivity index (χ3n) is 4.19. The summed E-state index contributed by atoms with van der Waals surface area (Å²) in [6.07, 6.45) is 0.417. The Morgan fingerprint density at radius 1 is 1.15 bits per heavy atom. The van der Waals surface area contributed by atoms with E-state index in [-0.39, 0.29) is 24.0 Å². The van der Waals surface area contributed by atoms with Gasteiger partial charge in [-0.25, -0.2) is 4.98 Å². The van der Waals surface area contributed by atoms with E-state index in [2.05, 4.69) is 15.3 Å². The van der Waals surface area contributed by atoms with Crippen molar-refractivity contribution in [3.63, 3.8) is 0 Å². The van der Waals surface area contributed by atoms with E-state index in [1.807, 2.05) is 36.4 Å². The molecule has 6 nitrogen and oxygen atoms in total. The van der Waals surface area contributed by atoms with Gasteiger partial charge in [0.2, 0.25) is 5.91 Å². The molecular formula is C20H21N3O3. The molecule has 0 fully saturated rings. The molecule has 1 heterocycles. The van der Waals surface area contributed by atoms with Gasteiger partial charge in [0.15, 0.2) is 0 Å². The van der Waals surface area contributed by atoms with E-state index in [0.29, 0.717) is 29.7 Å². The molecule has 0 saturated heterocycles. The zero-order valence-corrected chi connectivity index (χ0v) is 14.6. The smallest absolute Gasteiger partial charge is 0.258 e. The van der Waals surface area contributed by atoms with Crippen LogP contribution in [0.25, 0.3) is 10.9 Å². The molecule has 1 aromatic heterocycles. The van der Waals surface area contributed by atoms with E-state index >= 15 is 0 Å². The number of nitrogens with one attached hydrogen (secondary N) is 2. The third kappa shape index (κ3) is 4.34. The normalized spacial score (nSPS) is 12.0. The van der Waals surface area contributed by atoms with E-state index < -0.39 is 0 Å². The van der Waals surface area contributed by atoms with E-state index in [9.17, 15) is 9.59 Å². The number of aromatic amines is 1. The number of ether oxygens (including phenoxy) is 1. The van der Waals surface area contributed by atoms with Crippen molar-refractivity contribution in [2.75, 3.05) is 13.7 Å². The largest absolute Gasteiger partial charge is 0.375 e. The molecular weight excluding hydrogens is 330 g/mol. The van der Waals surface area contributed by atoms with Gasteiger partial charge < -0.3 is 15.0 Å². The number of benzene rings is 2. The van der Waals surface area contributed by atoms with Crippen molar-refractivity contribution in [1.82, 2.24) is 15.3 Å². The molecule has 1 atom stereocenters. The van der Waals surface area contributed by atoms with Gasteiger partial charge in [-0.3, -0.25) is 9.59 Å². The molecule has 0 saturated carbocycles. The van der Waals surface area contributed by atoms with Crippen molar-refractivity contribution in [3.8, 4) is 0 Å². The van der Waals surface area contributed by atoms with Gasteiger partial charge in [-0.1, -0.05) is 42.5 Å². The Balaban J connectivity index is 1.56. The second-order valence-electron chi connectivity index (χ2n) is 5.97. The number of aromatic nitrogens is 2. The van der Waals surface area contributed by atoms with Gasteiger partial charge in [-0.2, -0.15) is 0 Å². The highest BCUT2D eigenvalue weighted by Gasteiger charge is 2.12. The minimum Gasteiger partial charge on any atom is -0.375 e. The van der Waals surface area contributed by atoms with Crippen LogP contribution >= 0.6 is 0 Å². The second kappa shape index (κ2) is 8.40. The summed E-state index contributed by atoms with van der Waals surface area (Å²) in [5, 5.41) is 3.42. The number of aryl methyl sites for hydroxylation is 1. The predicted molar refractivity (Wildman–Crippen MR) is 99.9 cm³/mol. The minimum absolute atomic E-state index is 0.112. The number of para-hydroxylation sites is 1. The first-order chi connectivity index (χ1) is 12.7. The molecule has 26 heavy (non-hydrogen) atoms. The molecule has 0 aliphatic rings. The van der Waals surface area contributed by atoms with Crippen LogP contribution < -0.4 is 10.9 Å². The van der Waals surface area contributed by atoms with Crippen LogP contribution in [-0.2, 0) is 16.0 Å². The Morgan fingerprint density at radius 3 is 2.65 bits per heavy atom. The lowest BCUT2D eigenvalue weighted by molar-refractivity contribution is -0.121. The van der Waals surface area contributed by atoms with Gasteiger partial charge in [-0.15, -0.1) is 0 Å². The van der Waals surface area contributed by atoms with E-state index in [4.69, 9.17) is 4.74 Å². The van der Waals surface area contributed by atoms with E-state index in [0.717, 1.165) is 5.56 Å². The number of hydrogen-bond acceptors (Lipinski definition) is 4. The average Bonchev–Trinajstić information content (AvgIpc) is 2.68. The van der Waals surface area contributed by atoms with Crippen molar-refractivity contribution in [1.29, 1.82) is 0 Å². The fraction of sp³-hybridized carbons (Fsp3) is 0.250. The summed E-state index contributed by atoms with van der Waals surface area (Å²) in [6, 6.07) is 16.9. The Morgan fingerprint density at radius 2 is 1.88 bits per heavy atom. The molecule has 1 unspecified atom stereocenters. The summed E-state index contributed by atoms with van der Waals surface area (Å²) in [4.78, 5) is 31.3. The summed E-state index contributed by atoms with van der Waals surface area (Å²) in [6.45, 7) is 0.390. The highest BCUT2D eigenvalue weighted by atomic mass is 16.5. The number of amides is 1. The molecule has 2 N–H and O–H groups in total. The first-order valence-electron chi connectivity index (χ1n) is 8.50. The van der Waals surface area contributed by atoms with Crippen LogP contribution in [-0.4, -0.2) is 29.5 Å². The number of carbonyl (C=O) groups excluding carboxylic acids is 1. The quantitative estimate of drug-likeness (QED) is 0.684. The minimum atomic E-state index is -0.196. The zero-order chi connectivity index (χ0) is 18.4. The van der Waals surface area contributed by atoms with Gasteiger partial charge in [-0.05, 0) is 17.7 Å². The number of methoxy groups -OCH3 is 1. The van der Waals surface area contributed by atoms with Gasteiger partial charge in [0.1, 0.15) is 5.82 Å². The first kappa shape index (κ1) is 17.8. The predicted octanol–water partition coefficient (Wildman–Crippen LogP) is 2.36. The van der Waals surface area contributed by atoms with E-state index in [1.165, 1.54) is 0 Å². The molecule has 3 rings (SSSR count). The second-order valence-corrected chi connectivity index (χ2v) is 5.97. The molecule has 134 valence electrons. The van der Waals surface area contributed by atoms with E-state index in [1.54, 1.807) is 25.3 Å². The van der Waals surface area contributed by atoms with Crippen molar-refractivity contribution < 1.29 is 9.53 Å². The lowest BCUT2D eigenvalue weighted by Crippen LogP contribution is -2.29. The molecule has 0 spiro atoms. The van der Waals surface area contributed by atoms with Crippen LogP contribution in [0.5, 0.6) is 0 Å². The Kier molecular flexibility index (Phi) is 5.76. The van der Waals surface area contributed by atoms with Crippen LogP contribution in [0.3, 0.4) is 0 Å². The van der Waals surface area contributed by atoms with Crippen LogP contribution in [0.2, 0.25) is 0 Å². The molecule has 3 aromatic rings. The molecule has 0 bridgehead atoms. The first-order valence-corrected chi connectivity index (χ1v) is 8.50. The third-order valence-corrected chi connectivity index (χ3v) is 4.19. The molecule has 0 aliphatic heterocycles. The zero-order valence-electron chi connectivity index (χ0n) is 14.6. The van der Waals surface area contributed by atoms with Crippen molar-refractivity contribution >= 4 is 16.8 Å². The Bertz CT molecular complexity index is 938. The van der Waals surface area contributed by atoms with Crippen LogP contribution in [0, 0.1) is 0 Å². The highest BCUT2D eigenvalue weighted by molar-refractivity contribution is 5.78. The number of nitrogens with zero attached hydrogens (tertiary/aromatic N) is 1. The number of fused-ring (bicyclic) bond motifs is 1. The van der Waals surface area contributed by atoms with Gasteiger partial charge in [0.05, 0.1) is 17.0 Å². The van der Waals surface area contributed by atoms with Crippen molar-refractivity contribution in [2.24, 2.45) is 0 Å². The summed E-state index contributed by atoms with van der Waals surface area (Å²) < 4.78 is 5.44. The molecule has 0 radical (unpaired) electrons. The van der Waals surface area contributed by atoms with Gasteiger partial charge in [0.25, 0.3) is 5.56 Å². The van der Waals surface area contributed by atoms with Crippen molar-refractivity contribution in [2.45, 2.75) is 18.9 Å². The number of H-pyrrole nitrogens is 1. The number of carbonyl (C=O) groups is 1. The average molecular weight is 351 g/mol. The van der Waals surface area contributed by atoms with Crippen LogP contribution in [0.1, 0.15) is 23.9 Å². The molecule has 2 aromatic carbocycles. The van der Waals surface area contributed by atoms with Gasteiger partial charge >= 0.3 is 0 Å².